The molecule has 0 fully saturated rings. The van der Waals surface area contributed by atoms with Crippen molar-refractivity contribution in [1.29, 1.82) is 0 Å². The van der Waals surface area contributed by atoms with Crippen molar-refractivity contribution in [3.8, 4) is 0 Å². The number of para-hydroxylation sites is 1. The van der Waals surface area contributed by atoms with Gasteiger partial charge in [0.1, 0.15) is 12.4 Å². The molecule has 0 spiro atoms. The van der Waals surface area contributed by atoms with Gasteiger partial charge in [0.15, 0.2) is 0 Å². The summed E-state index contributed by atoms with van der Waals surface area (Å²) in [7, 11) is 0. The number of rotatable bonds is 5. The molecule has 0 bridgehead atoms. The van der Waals surface area contributed by atoms with Crippen molar-refractivity contribution in [3.63, 3.8) is 0 Å². The number of imidazole rings is 1. The van der Waals surface area contributed by atoms with Crippen LogP contribution in [0, 0.1) is 12.8 Å². The van der Waals surface area contributed by atoms with E-state index >= 15 is 0 Å². The van der Waals surface area contributed by atoms with E-state index in [0.29, 0.717) is 12.5 Å². The maximum absolute atomic E-state index is 12.1. The number of hydrogen-bond donors (Lipinski definition) is 1. The van der Waals surface area contributed by atoms with Crippen LogP contribution in [0.1, 0.15) is 37.5 Å². The lowest BCUT2D eigenvalue weighted by molar-refractivity contribution is -0.121. The molecule has 1 heterocycles. The van der Waals surface area contributed by atoms with Crippen LogP contribution >= 0.6 is 11.6 Å². The molecule has 0 aliphatic heterocycles. The third-order valence-corrected chi connectivity index (χ3v) is 3.57. The SMILES string of the molecule is Cc1cccc2c1nc(C(C)Cl)n2CC(=O)NCC(C)C. The van der Waals surface area contributed by atoms with Gasteiger partial charge in [-0.25, -0.2) is 4.98 Å². The number of carbonyl (C=O) groups is 1. The monoisotopic (exact) mass is 307 g/mol. The molecule has 1 aromatic carbocycles. The summed E-state index contributed by atoms with van der Waals surface area (Å²) < 4.78 is 1.91. The lowest BCUT2D eigenvalue weighted by Gasteiger charge is -2.12. The molecule has 0 saturated heterocycles. The molecule has 21 heavy (non-hydrogen) atoms. The maximum Gasteiger partial charge on any atom is 0.240 e. The maximum atomic E-state index is 12.1. The van der Waals surface area contributed by atoms with Gasteiger partial charge in [-0.15, -0.1) is 11.6 Å². The molecule has 5 heteroatoms. The van der Waals surface area contributed by atoms with Crippen LogP contribution in [0.3, 0.4) is 0 Å². The Bertz CT molecular complexity index is 646. The van der Waals surface area contributed by atoms with E-state index in [4.69, 9.17) is 11.6 Å². The van der Waals surface area contributed by atoms with Crippen LogP contribution in [0.4, 0.5) is 0 Å². The summed E-state index contributed by atoms with van der Waals surface area (Å²) in [5.41, 5.74) is 2.96. The fraction of sp³-hybridized carbons (Fsp3) is 0.500. The van der Waals surface area contributed by atoms with Crippen LogP contribution in [0.15, 0.2) is 18.2 Å². The largest absolute Gasteiger partial charge is 0.354 e. The van der Waals surface area contributed by atoms with Crippen molar-refractivity contribution >= 4 is 28.5 Å². The summed E-state index contributed by atoms with van der Waals surface area (Å²) in [5, 5.41) is 2.69. The highest BCUT2D eigenvalue weighted by Gasteiger charge is 2.17. The average Bonchev–Trinajstić information content (AvgIpc) is 2.77. The third-order valence-electron chi connectivity index (χ3n) is 3.38. The number of amides is 1. The number of aryl methyl sites for hydroxylation is 1. The topological polar surface area (TPSA) is 46.9 Å². The number of nitrogens with zero attached hydrogens (tertiary/aromatic N) is 2. The zero-order valence-electron chi connectivity index (χ0n) is 13.0. The van der Waals surface area contributed by atoms with E-state index in [9.17, 15) is 4.79 Å². The van der Waals surface area contributed by atoms with E-state index in [1.807, 2.05) is 36.6 Å². The summed E-state index contributed by atoms with van der Waals surface area (Å²) in [4.78, 5) is 16.7. The zero-order chi connectivity index (χ0) is 15.6. The van der Waals surface area contributed by atoms with E-state index in [1.54, 1.807) is 0 Å². The minimum Gasteiger partial charge on any atom is -0.354 e. The van der Waals surface area contributed by atoms with Gasteiger partial charge in [0.05, 0.1) is 16.4 Å². The van der Waals surface area contributed by atoms with E-state index in [2.05, 4.69) is 24.1 Å². The third kappa shape index (κ3) is 3.56. The smallest absolute Gasteiger partial charge is 0.240 e. The lowest BCUT2D eigenvalue weighted by atomic mass is 10.2. The molecule has 1 aromatic heterocycles. The molecule has 1 atom stereocenters. The fourth-order valence-corrected chi connectivity index (χ4v) is 2.46. The number of hydrogen-bond acceptors (Lipinski definition) is 2. The van der Waals surface area contributed by atoms with Crippen LogP contribution in [0.5, 0.6) is 0 Å². The molecule has 0 radical (unpaired) electrons. The first-order valence-electron chi connectivity index (χ1n) is 7.26. The van der Waals surface area contributed by atoms with E-state index in [1.165, 1.54) is 0 Å². The predicted octanol–water partition coefficient (Wildman–Crippen LogP) is 3.42. The van der Waals surface area contributed by atoms with E-state index < -0.39 is 0 Å². The summed E-state index contributed by atoms with van der Waals surface area (Å²) in [6.45, 7) is 8.96. The van der Waals surface area contributed by atoms with Crippen molar-refractivity contribution in [2.75, 3.05) is 6.54 Å². The van der Waals surface area contributed by atoms with Gasteiger partial charge in [-0.3, -0.25) is 4.79 Å². The molecule has 1 unspecified atom stereocenters. The Morgan fingerprint density at radius 3 is 2.71 bits per heavy atom. The van der Waals surface area contributed by atoms with Crippen molar-refractivity contribution in [2.24, 2.45) is 5.92 Å². The number of fused-ring (bicyclic) bond motifs is 1. The fourth-order valence-electron chi connectivity index (χ4n) is 2.29. The second-order valence-electron chi connectivity index (χ2n) is 5.81. The Hall–Kier alpha value is -1.55. The van der Waals surface area contributed by atoms with Crippen LogP contribution in [-0.4, -0.2) is 22.0 Å². The van der Waals surface area contributed by atoms with Crippen LogP contribution in [0.25, 0.3) is 11.0 Å². The molecule has 4 nitrogen and oxygen atoms in total. The van der Waals surface area contributed by atoms with Gasteiger partial charge >= 0.3 is 0 Å². The standard InChI is InChI=1S/C16H22ClN3O/c1-10(2)8-18-14(21)9-20-13-7-5-6-11(3)15(13)19-16(20)12(4)17/h5-7,10,12H,8-9H2,1-4H3,(H,18,21). The summed E-state index contributed by atoms with van der Waals surface area (Å²) >= 11 is 6.23. The zero-order valence-corrected chi connectivity index (χ0v) is 13.7. The molecule has 2 rings (SSSR count). The Morgan fingerprint density at radius 2 is 2.10 bits per heavy atom. The molecule has 1 N–H and O–H groups in total. The Labute approximate surface area is 130 Å². The molecule has 0 saturated carbocycles. The summed E-state index contributed by atoms with van der Waals surface area (Å²) in [6, 6.07) is 5.97. The van der Waals surface area contributed by atoms with Crippen molar-refractivity contribution in [3.05, 3.63) is 29.6 Å². The second kappa shape index (κ2) is 6.48. The molecule has 0 aliphatic carbocycles. The highest BCUT2D eigenvalue weighted by Crippen LogP contribution is 2.26. The molecule has 2 aromatic rings. The quantitative estimate of drug-likeness (QED) is 0.860. The molecular weight excluding hydrogens is 286 g/mol. The first-order chi connectivity index (χ1) is 9.90. The van der Waals surface area contributed by atoms with Gasteiger partial charge in [0.25, 0.3) is 0 Å². The predicted molar refractivity (Wildman–Crippen MR) is 86.6 cm³/mol. The van der Waals surface area contributed by atoms with Crippen molar-refractivity contribution in [1.82, 2.24) is 14.9 Å². The second-order valence-corrected chi connectivity index (χ2v) is 6.47. The normalized spacial score (nSPS) is 12.9. The Morgan fingerprint density at radius 1 is 1.38 bits per heavy atom. The van der Waals surface area contributed by atoms with Gasteiger partial charge in [-0.1, -0.05) is 26.0 Å². The highest BCUT2D eigenvalue weighted by atomic mass is 35.5. The lowest BCUT2D eigenvalue weighted by Crippen LogP contribution is -2.31. The van der Waals surface area contributed by atoms with E-state index in [-0.39, 0.29) is 17.8 Å². The van der Waals surface area contributed by atoms with Crippen molar-refractivity contribution < 1.29 is 4.79 Å². The molecular formula is C16H22ClN3O. The van der Waals surface area contributed by atoms with E-state index in [0.717, 1.165) is 22.4 Å². The number of benzene rings is 1. The average molecular weight is 308 g/mol. The van der Waals surface area contributed by atoms with Gasteiger partial charge in [0, 0.05) is 6.54 Å². The number of nitrogens with one attached hydrogen (secondary N) is 1. The number of aromatic nitrogens is 2. The first kappa shape index (κ1) is 15.8. The Balaban J connectivity index is 2.35. The number of carbonyl (C=O) groups excluding carboxylic acids is 1. The molecule has 114 valence electrons. The minimum atomic E-state index is -0.241. The molecule has 1 amide bonds. The highest BCUT2D eigenvalue weighted by molar-refractivity contribution is 6.20. The first-order valence-corrected chi connectivity index (χ1v) is 7.70. The van der Waals surface area contributed by atoms with Gasteiger partial charge in [-0.2, -0.15) is 0 Å². The Kier molecular flexibility index (Phi) is 4.88. The van der Waals surface area contributed by atoms with Crippen LogP contribution in [0.2, 0.25) is 0 Å². The number of halogens is 1. The van der Waals surface area contributed by atoms with Gasteiger partial charge < -0.3 is 9.88 Å². The summed E-state index contributed by atoms with van der Waals surface area (Å²) in [6.07, 6.45) is 0. The van der Waals surface area contributed by atoms with Crippen molar-refractivity contribution in [2.45, 2.75) is 39.6 Å². The summed E-state index contributed by atoms with van der Waals surface area (Å²) in [5.74, 6) is 1.16. The van der Waals surface area contributed by atoms with Gasteiger partial charge in [0.2, 0.25) is 5.91 Å². The van der Waals surface area contributed by atoms with Gasteiger partial charge in [-0.05, 0) is 31.4 Å². The van der Waals surface area contributed by atoms with Crippen LogP contribution < -0.4 is 5.32 Å². The molecule has 0 aliphatic rings. The van der Waals surface area contributed by atoms with Crippen LogP contribution in [-0.2, 0) is 11.3 Å². The minimum absolute atomic E-state index is 0.0110. The number of alkyl halides is 1.